The molecule has 0 saturated carbocycles. The second kappa shape index (κ2) is 4.66. The Kier molecular flexibility index (Phi) is 3.84. The Morgan fingerprint density at radius 1 is 1.12 bits per heavy atom. The molecule has 1 aromatic rings. The summed E-state index contributed by atoms with van der Waals surface area (Å²) in [7, 11) is 0. The van der Waals surface area contributed by atoms with Crippen molar-refractivity contribution in [1.82, 2.24) is 0 Å². The van der Waals surface area contributed by atoms with Crippen LogP contribution in [0, 0.1) is 22.9 Å². The van der Waals surface area contributed by atoms with E-state index in [0.29, 0.717) is 0 Å². The maximum atomic E-state index is 13.5. The number of aliphatic hydroxyl groups is 1. The lowest BCUT2D eigenvalue weighted by Gasteiger charge is -2.31. The molecule has 0 saturated heterocycles. The van der Waals surface area contributed by atoms with Gasteiger partial charge in [-0.15, -0.1) is 0 Å². The van der Waals surface area contributed by atoms with Gasteiger partial charge in [0.05, 0.1) is 12.1 Å². The lowest BCUT2D eigenvalue weighted by molar-refractivity contribution is 0.0389. The van der Waals surface area contributed by atoms with Crippen LogP contribution in [-0.4, -0.2) is 11.2 Å². The van der Waals surface area contributed by atoms with E-state index >= 15 is 0 Å². The van der Waals surface area contributed by atoms with Crippen molar-refractivity contribution in [2.75, 3.05) is 0 Å². The van der Waals surface area contributed by atoms with Crippen LogP contribution in [0.25, 0.3) is 0 Å². The number of benzene rings is 1. The molecular formula is C12H16F3NO. The molecule has 1 rings (SSSR count). The highest BCUT2D eigenvalue weighted by Crippen LogP contribution is 2.30. The first kappa shape index (κ1) is 14.0. The number of nitrogens with two attached hydrogens (primary N) is 1. The first-order chi connectivity index (χ1) is 7.66. The fraction of sp³-hybridized carbons (Fsp3) is 0.500. The Labute approximate surface area is 98.3 Å². The van der Waals surface area contributed by atoms with Crippen LogP contribution in [0.3, 0.4) is 0 Å². The van der Waals surface area contributed by atoms with Gasteiger partial charge in [-0.25, -0.2) is 13.2 Å². The third-order valence-electron chi connectivity index (χ3n) is 2.65. The topological polar surface area (TPSA) is 46.2 Å². The summed E-state index contributed by atoms with van der Waals surface area (Å²) in [5.41, 5.74) is 4.85. The van der Waals surface area contributed by atoms with E-state index in [9.17, 15) is 18.3 Å². The fourth-order valence-corrected chi connectivity index (χ4v) is 1.51. The molecule has 0 fully saturated rings. The lowest BCUT2D eigenvalue weighted by Crippen LogP contribution is -2.37. The highest BCUT2D eigenvalue weighted by molar-refractivity contribution is 5.24. The minimum Gasteiger partial charge on any atom is -0.391 e. The van der Waals surface area contributed by atoms with E-state index < -0.39 is 35.0 Å². The van der Waals surface area contributed by atoms with Gasteiger partial charge in [0.1, 0.15) is 0 Å². The molecule has 0 radical (unpaired) electrons. The fourth-order valence-electron chi connectivity index (χ4n) is 1.51. The molecule has 0 aromatic heterocycles. The van der Waals surface area contributed by atoms with Gasteiger partial charge in [0, 0.05) is 5.56 Å². The Balaban J connectivity index is 3.14. The van der Waals surface area contributed by atoms with Crippen LogP contribution in [0.5, 0.6) is 0 Å². The standard InChI is InChI=1S/C12H16F3NO/c1-12(2,3)11(17)10(16)6-4-5-7(13)9(15)8(6)14/h4-5,10-11,17H,16H2,1-3H3/t10-,11-/m0/s1. The minimum atomic E-state index is -1.57. The first-order valence-corrected chi connectivity index (χ1v) is 5.23. The van der Waals surface area contributed by atoms with Crippen LogP contribution in [-0.2, 0) is 0 Å². The third kappa shape index (κ3) is 2.79. The Bertz CT molecular complexity index is 415. The van der Waals surface area contributed by atoms with E-state index in [-0.39, 0.29) is 5.56 Å². The summed E-state index contributed by atoms with van der Waals surface area (Å²) in [4.78, 5) is 0. The maximum Gasteiger partial charge on any atom is 0.194 e. The average molecular weight is 247 g/mol. The molecule has 0 aliphatic carbocycles. The summed E-state index contributed by atoms with van der Waals surface area (Å²) in [6.45, 7) is 5.15. The Hall–Kier alpha value is -1.07. The van der Waals surface area contributed by atoms with Gasteiger partial charge in [-0.05, 0) is 11.5 Å². The summed E-state index contributed by atoms with van der Waals surface area (Å²) in [6.07, 6.45) is -1.07. The molecular weight excluding hydrogens is 231 g/mol. The number of hydrogen-bond donors (Lipinski definition) is 2. The largest absolute Gasteiger partial charge is 0.391 e. The van der Waals surface area contributed by atoms with E-state index in [1.165, 1.54) is 0 Å². The molecule has 96 valence electrons. The van der Waals surface area contributed by atoms with Gasteiger partial charge in [0.2, 0.25) is 0 Å². The summed E-state index contributed by atoms with van der Waals surface area (Å²) in [5.74, 6) is -4.19. The zero-order chi connectivity index (χ0) is 13.4. The van der Waals surface area contributed by atoms with Crippen LogP contribution >= 0.6 is 0 Å². The molecule has 0 bridgehead atoms. The molecule has 0 heterocycles. The molecule has 0 aliphatic heterocycles. The van der Waals surface area contributed by atoms with Gasteiger partial charge in [0.25, 0.3) is 0 Å². The highest BCUT2D eigenvalue weighted by Gasteiger charge is 2.31. The molecule has 0 aliphatic rings. The van der Waals surface area contributed by atoms with Crippen molar-refractivity contribution in [2.24, 2.45) is 11.1 Å². The zero-order valence-electron chi connectivity index (χ0n) is 9.97. The van der Waals surface area contributed by atoms with Crippen LogP contribution in [0.1, 0.15) is 32.4 Å². The van der Waals surface area contributed by atoms with E-state index in [4.69, 9.17) is 5.73 Å². The van der Waals surface area contributed by atoms with Gasteiger partial charge in [-0.2, -0.15) is 0 Å². The van der Waals surface area contributed by atoms with Gasteiger partial charge < -0.3 is 10.8 Å². The van der Waals surface area contributed by atoms with E-state index in [0.717, 1.165) is 12.1 Å². The van der Waals surface area contributed by atoms with Crippen molar-refractivity contribution in [3.63, 3.8) is 0 Å². The van der Waals surface area contributed by atoms with Crippen molar-refractivity contribution < 1.29 is 18.3 Å². The van der Waals surface area contributed by atoms with Crippen molar-refractivity contribution >= 4 is 0 Å². The Morgan fingerprint density at radius 2 is 1.65 bits per heavy atom. The molecule has 0 unspecified atom stereocenters. The maximum absolute atomic E-state index is 13.5. The van der Waals surface area contributed by atoms with Crippen molar-refractivity contribution in [3.05, 3.63) is 35.1 Å². The number of halogens is 3. The smallest absolute Gasteiger partial charge is 0.194 e. The normalized spacial score (nSPS) is 15.8. The molecule has 2 atom stereocenters. The van der Waals surface area contributed by atoms with Crippen molar-refractivity contribution in [1.29, 1.82) is 0 Å². The van der Waals surface area contributed by atoms with Crippen molar-refractivity contribution in [3.8, 4) is 0 Å². The highest BCUT2D eigenvalue weighted by atomic mass is 19.2. The summed E-state index contributed by atoms with van der Waals surface area (Å²) >= 11 is 0. The number of aliphatic hydroxyl groups excluding tert-OH is 1. The van der Waals surface area contributed by atoms with Crippen LogP contribution < -0.4 is 5.73 Å². The predicted molar refractivity (Wildman–Crippen MR) is 58.7 cm³/mol. The minimum absolute atomic E-state index is 0.230. The molecule has 5 heteroatoms. The second-order valence-electron chi connectivity index (χ2n) is 5.10. The Morgan fingerprint density at radius 3 is 2.12 bits per heavy atom. The van der Waals surface area contributed by atoms with Crippen LogP contribution in [0.4, 0.5) is 13.2 Å². The molecule has 1 aromatic carbocycles. The van der Waals surface area contributed by atoms with E-state index in [1.807, 2.05) is 0 Å². The third-order valence-corrected chi connectivity index (χ3v) is 2.65. The summed E-state index contributed by atoms with van der Waals surface area (Å²) in [6, 6.07) is 0.737. The van der Waals surface area contributed by atoms with Crippen LogP contribution in [0.2, 0.25) is 0 Å². The zero-order valence-corrected chi connectivity index (χ0v) is 9.97. The molecule has 0 spiro atoms. The molecule has 17 heavy (non-hydrogen) atoms. The predicted octanol–water partition coefficient (Wildman–Crippen LogP) is 2.51. The molecule has 0 amide bonds. The van der Waals surface area contributed by atoms with Gasteiger partial charge in [-0.1, -0.05) is 26.8 Å². The number of hydrogen-bond acceptors (Lipinski definition) is 2. The number of rotatable bonds is 2. The summed E-state index contributed by atoms with van der Waals surface area (Å²) < 4.78 is 39.2. The van der Waals surface area contributed by atoms with Crippen molar-refractivity contribution in [2.45, 2.75) is 32.9 Å². The SMILES string of the molecule is CC(C)(C)[C@@H](O)[C@@H](N)c1ccc(F)c(F)c1F. The van der Waals surface area contributed by atoms with Gasteiger partial charge in [-0.3, -0.25) is 0 Å². The molecule has 2 nitrogen and oxygen atoms in total. The van der Waals surface area contributed by atoms with E-state index in [1.54, 1.807) is 20.8 Å². The van der Waals surface area contributed by atoms with Gasteiger partial charge >= 0.3 is 0 Å². The summed E-state index contributed by atoms with van der Waals surface area (Å²) in [5, 5.41) is 9.88. The lowest BCUT2D eigenvalue weighted by atomic mass is 9.82. The van der Waals surface area contributed by atoms with Crippen LogP contribution in [0.15, 0.2) is 12.1 Å². The first-order valence-electron chi connectivity index (χ1n) is 5.23. The average Bonchev–Trinajstić information content (AvgIpc) is 2.23. The molecule has 3 N–H and O–H groups in total. The van der Waals surface area contributed by atoms with E-state index in [2.05, 4.69) is 0 Å². The van der Waals surface area contributed by atoms with Gasteiger partial charge in [0.15, 0.2) is 17.5 Å². The quantitative estimate of drug-likeness (QED) is 0.789. The monoisotopic (exact) mass is 247 g/mol. The second-order valence-corrected chi connectivity index (χ2v) is 5.10.